The average molecular weight is 322 g/mol. The molecule has 0 aliphatic carbocycles. The Morgan fingerprint density at radius 1 is 1.41 bits per heavy atom. The molecule has 2 rings (SSSR count). The first kappa shape index (κ1) is 16.4. The zero-order valence-electron chi connectivity index (χ0n) is 12.4. The number of hydrogen-bond acceptors (Lipinski definition) is 3. The molecule has 0 fully saturated rings. The molecule has 0 aliphatic heterocycles. The maximum Gasteiger partial charge on any atom is 0.240 e. The van der Waals surface area contributed by atoms with E-state index >= 15 is 0 Å². The lowest BCUT2D eigenvalue weighted by Crippen LogP contribution is -2.30. The molecule has 118 valence electrons. The zero-order chi connectivity index (χ0) is 15.9. The van der Waals surface area contributed by atoms with E-state index in [0.717, 1.165) is 18.7 Å². The predicted molar refractivity (Wildman–Crippen MR) is 84.5 cm³/mol. The van der Waals surface area contributed by atoms with Crippen molar-refractivity contribution in [1.82, 2.24) is 20.1 Å². The monoisotopic (exact) mass is 322 g/mol. The van der Waals surface area contributed by atoms with Gasteiger partial charge in [0.1, 0.15) is 18.2 Å². The Bertz CT molecular complexity index is 695. The Kier molecular flexibility index (Phi) is 5.83. The molecule has 0 saturated carbocycles. The summed E-state index contributed by atoms with van der Waals surface area (Å²) in [5.41, 5.74) is 0.592. The van der Waals surface area contributed by atoms with Crippen molar-refractivity contribution in [3.63, 3.8) is 0 Å². The van der Waals surface area contributed by atoms with E-state index in [1.165, 1.54) is 6.07 Å². The number of amides is 1. The minimum Gasteiger partial charge on any atom is -0.354 e. The van der Waals surface area contributed by atoms with E-state index in [1.807, 2.05) is 6.92 Å². The molecule has 1 aromatic heterocycles. The van der Waals surface area contributed by atoms with E-state index in [1.54, 1.807) is 22.8 Å². The van der Waals surface area contributed by atoms with Gasteiger partial charge in [-0.2, -0.15) is 5.10 Å². The van der Waals surface area contributed by atoms with Gasteiger partial charge in [-0.3, -0.25) is 14.5 Å². The van der Waals surface area contributed by atoms with Crippen LogP contribution in [0.5, 0.6) is 0 Å². The zero-order valence-corrected chi connectivity index (χ0v) is 13.3. The molecule has 22 heavy (non-hydrogen) atoms. The number of halogens is 1. The van der Waals surface area contributed by atoms with Crippen LogP contribution in [0, 0.1) is 10.6 Å². The number of carbonyl (C=O) groups excluding carboxylic acids is 1. The minimum atomic E-state index is -0.251. The Hall–Kier alpha value is -2.02. The van der Waals surface area contributed by atoms with Gasteiger partial charge in [0.05, 0.1) is 0 Å². The van der Waals surface area contributed by atoms with E-state index in [2.05, 4.69) is 15.5 Å². The third-order valence-electron chi connectivity index (χ3n) is 3.29. The fraction of sp³-hybridized carbons (Fsp3) is 0.400. The van der Waals surface area contributed by atoms with Crippen LogP contribution in [-0.4, -0.2) is 27.2 Å². The van der Waals surface area contributed by atoms with Gasteiger partial charge < -0.3 is 5.32 Å². The fourth-order valence-electron chi connectivity index (χ4n) is 2.17. The van der Waals surface area contributed by atoms with Crippen LogP contribution in [0.1, 0.15) is 24.7 Å². The van der Waals surface area contributed by atoms with Crippen LogP contribution in [0.2, 0.25) is 0 Å². The van der Waals surface area contributed by atoms with Gasteiger partial charge in [0.25, 0.3) is 0 Å². The lowest BCUT2D eigenvalue weighted by molar-refractivity contribution is -0.121. The molecule has 0 bridgehead atoms. The highest BCUT2D eigenvalue weighted by Gasteiger charge is 2.10. The number of carbonyl (C=O) groups is 1. The highest BCUT2D eigenvalue weighted by molar-refractivity contribution is 7.71. The third-order valence-corrected chi connectivity index (χ3v) is 3.60. The molecule has 1 heterocycles. The van der Waals surface area contributed by atoms with Crippen LogP contribution >= 0.6 is 12.2 Å². The molecule has 5 nitrogen and oxygen atoms in total. The molecule has 0 atom stereocenters. The molecular weight excluding hydrogens is 303 g/mol. The second-order valence-electron chi connectivity index (χ2n) is 4.97. The third kappa shape index (κ3) is 4.24. The summed E-state index contributed by atoms with van der Waals surface area (Å²) < 4.78 is 15.6. The van der Waals surface area contributed by atoms with Gasteiger partial charge in [0.2, 0.25) is 5.91 Å². The van der Waals surface area contributed by atoms with Gasteiger partial charge in [0.15, 0.2) is 4.77 Å². The van der Waals surface area contributed by atoms with Crippen molar-refractivity contribution in [2.75, 3.05) is 6.54 Å². The molecule has 0 radical (unpaired) electrons. The molecule has 7 heteroatoms. The average Bonchev–Trinajstić information content (AvgIpc) is 2.83. The van der Waals surface area contributed by atoms with Gasteiger partial charge >= 0.3 is 0 Å². The standard InChI is InChI=1S/C15H19FN4OS/c1-2-5-13-18-19-15(22)20(13)10-14(21)17-9-8-11-6-3-4-7-12(11)16/h3-4,6-7H,2,5,8-10H2,1H3,(H,17,21)(H,19,22). The highest BCUT2D eigenvalue weighted by atomic mass is 32.1. The van der Waals surface area contributed by atoms with Crippen molar-refractivity contribution in [3.8, 4) is 0 Å². The maximum atomic E-state index is 13.5. The summed E-state index contributed by atoms with van der Waals surface area (Å²) in [6.07, 6.45) is 2.14. The van der Waals surface area contributed by atoms with Crippen LogP contribution in [0.15, 0.2) is 24.3 Å². The van der Waals surface area contributed by atoms with Crippen molar-refractivity contribution in [1.29, 1.82) is 0 Å². The maximum absolute atomic E-state index is 13.5. The summed E-state index contributed by atoms with van der Waals surface area (Å²) in [7, 11) is 0. The lowest BCUT2D eigenvalue weighted by atomic mass is 10.1. The number of aromatic amines is 1. The normalized spacial score (nSPS) is 10.6. The summed E-state index contributed by atoms with van der Waals surface area (Å²) in [6, 6.07) is 6.56. The van der Waals surface area contributed by atoms with Crippen molar-refractivity contribution >= 4 is 18.1 Å². The predicted octanol–water partition coefficient (Wildman–Crippen LogP) is 2.39. The van der Waals surface area contributed by atoms with Crippen molar-refractivity contribution < 1.29 is 9.18 Å². The molecule has 0 aliphatic rings. The van der Waals surface area contributed by atoms with Gasteiger partial charge in [-0.25, -0.2) is 4.39 Å². The number of benzene rings is 1. The number of nitrogens with zero attached hydrogens (tertiary/aromatic N) is 2. The number of H-pyrrole nitrogens is 1. The summed E-state index contributed by atoms with van der Waals surface area (Å²) in [5, 5.41) is 9.60. The number of nitrogens with one attached hydrogen (secondary N) is 2. The molecule has 0 saturated heterocycles. The topological polar surface area (TPSA) is 62.7 Å². The van der Waals surface area contributed by atoms with Crippen molar-refractivity contribution in [3.05, 3.63) is 46.2 Å². The number of rotatable bonds is 7. The first-order valence-electron chi connectivity index (χ1n) is 7.26. The smallest absolute Gasteiger partial charge is 0.240 e. The van der Waals surface area contributed by atoms with Crippen LogP contribution < -0.4 is 5.32 Å². The summed E-state index contributed by atoms with van der Waals surface area (Å²) in [5.74, 6) is 0.363. The Balaban J connectivity index is 1.87. The minimum absolute atomic E-state index is 0.127. The largest absolute Gasteiger partial charge is 0.354 e. The second-order valence-corrected chi connectivity index (χ2v) is 5.36. The summed E-state index contributed by atoms with van der Waals surface area (Å²) in [6.45, 7) is 2.55. The van der Waals surface area contributed by atoms with Gasteiger partial charge in [0, 0.05) is 13.0 Å². The van der Waals surface area contributed by atoms with Crippen LogP contribution in [0.25, 0.3) is 0 Å². The molecule has 0 unspecified atom stereocenters. The Labute approximate surface area is 133 Å². The van der Waals surface area contributed by atoms with Gasteiger partial charge in [-0.15, -0.1) is 0 Å². The lowest BCUT2D eigenvalue weighted by Gasteiger charge is -2.08. The van der Waals surface area contributed by atoms with Crippen molar-refractivity contribution in [2.45, 2.75) is 32.7 Å². The number of aryl methyl sites for hydroxylation is 1. The number of aromatic nitrogens is 3. The summed E-state index contributed by atoms with van der Waals surface area (Å²) in [4.78, 5) is 12.0. The van der Waals surface area contributed by atoms with Gasteiger partial charge in [-0.1, -0.05) is 25.1 Å². The van der Waals surface area contributed by atoms with Crippen LogP contribution in [-0.2, 0) is 24.2 Å². The fourth-order valence-corrected chi connectivity index (χ4v) is 2.38. The van der Waals surface area contributed by atoms with Gasteiger partial charge in [-0.05, 0) is 36.7 Å². The first-order chi connectivity index (χ1) is 10.6. The van der Waals surface area contributed by atoms with Crippen molar-refractivity contribution in [2.24, 2.45) is 0 Å². The van der Waals surface area contributed by atoms with E-state index in [4.69, 9.17) is 12.2 Å². The van der Waals surface area contributed by atoms with E-state index in [9.17, 15) is 9.18 Å². The van der Waals surface area contributed by atoms with E-state index in [0.29, 0.717) is 23.3 Å². The second kappa shape index (κ2) is 7.84. The van der Waals surface area contributed by atoms with E-state index in [-0.39, 0.29) is 18.3 Å². The van der Waals surface area contributed by atoms with E-state index < -0.39 is 0 Å². The van der Waals surface area contributed by atoms with Crippen LogP contribution in [0.3, 0.4) is 0 Å². The molecule has 1 amide bonds. The molecular formula is C15H19FN4OS. The SMILES string of the molecule is CCCc1n[nH]c(=S)n1CC(=O)NCCc1ccccc1F. The molecule has 2 aromatic rings. The highest BCUT2D eigenvalue weighted by Crippen LogP contribution is 2.06. The molecule has 0 spiro atoms. The molecule has 2 N–H and O–H groups in total. The Morgan fingerprint density at radius 3 is 2.91 bits per heavy atom. The number of hydrogen-bond donors (Lipinski definition) is 2. The quantitative estimate of drug-likeness (QED) is 0.770. The summed E-state index contributed by atoms with van der Waals surface area (Å²) >= 11 is 5.13. The molecule has 1 aromatic carbocycles. The van der Waals surface area contributed by atoms with Crippen LogP contribution in [0.4, 0.5) is 4.39 Å². The Morgan fingerprint density at radius 2 is 2.18 bits per heavy atom. The first-order valence-corrected chi connectivity index (χ1v) is 7.66.